The van der Waals surface area contributed by atoms with Crippen LogP contribution in [0.2, 0.25) is 0 Å². The smallest absolute Gasteiger partial charge is 0.123 e. The van der Waals surface area contributed by atoms with E-state index in [4.69, 9.17) is 0 Å². The first-order chi connectivity index (χ1) is 7.74. The van der Waals surface area contributed by atoms with Gasteiger partial charge in [-0.25, -0.2) is 4.39 Å². The zero-order valence-corrected chi connectivity index (χ0v) is 11.1. The van der Waals surface area contributed by atoms with Gasteiger partial charge in [-0.1, -0.05) is 47.3 Å². The monoisotopic (exact) mass is 284 g/mol. The molecule has 0 bridgehead atoms. The van der Waals surface area contributed by atoms with Gasteiger partial charge in [-0.05, 0) is 42.4 Å². The third kappa shape index (κ3) is 2.85. The molecule has 0 N–H and O–H groups in total. The second-order valence-corrected chi connectivity index (χ2v) is 5.56. The lowest BCUT2D eigenvalue weighted by molar-refractivity contribution is 0.223. The van der Waals surface area contributed by atoms with E-state index in [2.05, 4.69) is 15.9 Å². The average Bonchev–Trinajstić information content (AvgIpc) is 2.30. The maximum Gasteiger partial charge on any atom is 0.123 e. The Morgan fingerprint density at radius 1 is 1.19 bits per heavy atom. The molecule has 0 aliphatic heterocycles. The van der Waals surface area contributed by atoms with E-state index in [1.54, 1.807) is 6.07 Å². The fourth-order valence-electron chi connectivity index (χ4n) is 2.74. The van der Waals surface area contributed by atoms with Crippen LogP contribution in [0.3, 0.4) is 0 Å². The molecule has 1 fully saturated rings. The van der Waals surface area contributed by atoms with Gasteiger partial charge in [0.15, 0.2) is 0 Å². The van der Waals surface area contributed by atoms with Gasteiger partial charge < -0.3 is 0 Å². The number of hydrogen-bond acceptors (Lipinski definition) is 0. The molecule has 2 heteroatoms. The summed E-state index contributed by atoms with van der Waals surface area (Å²) in [6.07, 6.45) is 7.55. The topological polar surface area (TPSA) is 0 Å². The molecule has 0 heterocycles. The van der Waals surface area contributed by atoms with E-state index in [1.165, 1.54) is 38.2 Å². The summed E-state index contributed by atoms with van der Waals surface area (Å²) >= 11 is 3.65. The lowest BCUT2D eigenvalue weighted by atomic mass is 9.72. The predicted octanol–water partition coefficient (Wildman–Crippen LogP) is 4.71. The van der Waals surface area contributed by atoms with Gasteiger partial charge >= 0.3 is 0 Å². The Morgan fingerprint density at radius 3 is 2.56 bits per heavy atom. The fraction of sp³-hybridized carbons (Fsp3) is 0.571. The van der Waals surface area contributed by atoms with Crippen molar-refractivity contribution in [1.29, 1.82) is 0 Å². The Morgan fingerprint density at radius 2 is 1.94 bits per heavy atom. The van der Waals surface area contributed by atoms with E-state index in [-0.39, 0.29) is 5.82 Å². The number of alkyl halides is 1. The Labute approximate surface area is 105 Å². The maximum absolute atomic E-state index is 13.1. The largest absolute Gasteiger partial charge is 0.207 e. The van der Waals surface area contributed by atoms with Gasteiger partial charge in [0.2, 0.25) is 0 Å². The minimum absolute atomic E-state index is 0.113. The first-order valence-corrected chi connectivity index (χ1v) is 7.17. The highest BCUT2D eigenvalue weighted by atomic mass is 79.9. The summed E-state index contributed by atoms with van der Waals surface area (Å²) in [7, 11) is 0. The van der Waals surface area contributed by atoms with Crippen molar-refractivity contribution < 1.29 is 4.39 Å². The molecule has 0 spiro atoms. The van der Waals surface area contributed by atoms with Gasteiger partial charge in [-0.3, -0.25) is 0 Å². The summed E-state index contributed by atoms with van der Waals surface area (Å²) in [5.41, 5.74) is 1.51. The molecule has 1 aliphatic rings. The van der Waals surface area contributed by atoms with E-state index < -0.39 is 0 Å². The third-order valence-electron chi connectivity index (χ3n) is 3.67. The molecular weight excluding hydrogens is 267 g/mol. The van der Waals surface area contributed by atoms with Crippen LogP contribution >= 0.6 is 15.9 Å². The SMILES string of the molecule is Fc1cccc(CC2(CBr)CCCCC2)c1. The molecule has 88 valence electrons. The van der Waals surface area contributed by atoms with Crippen molar-refractivity contribution in [3.63, 3.8) is 0 Å². The molecule has 0 aromatic heterocycles. The highest BCUT2D eigenvalue weighted by molar-refractivity contribution is 9.09. The predicted molar refractivity (Wildman–Crippen MR) is 69.4 cm³/mol. The lowest BCUT2D eigenvalue weighted by Gasteiger charge is -2.36. The van der Waals surface area contributed by atoms with E-state index in [9.17, 15) is 4.39 Å². The zero-order valence-electron chi connectivity index (χ0n) is 9.52. The number of hydrogen-bond donors (Lipinski definition) is 0. The summed E-state index contributed by atoms with van der Waals surface area (Å²) in [5, 5.41) is 1.04. The Balaban J connectivity index is 2.11. The second-order valence-electron chi connectivity index (χ2n) is 5.00. The molecule has 0 amide bonds. The molecule has 0 saturated heterocycles. The number of halogens is 2. The molecular formula is C14H18BrF. The van der Waals surface area contributed by atoms with Crippen LogP contribution in [-0.2, 0) is 6.42 Å². The molecule has 0 atom stereocenters. The van der Waals surface area contributed by atoms with E-state index in [0.717, 1.165) is 17.3 Å². The summed E-state index contributed by atoms with van der Waals surface area (Å²) in [6.45, 7) is 0. The Hall–Kier alpha value is -0.370. The van der Waals surface area contributed by atoms with Gasteiger partial charge in [0.1, 0.15) is 5.82 Å². The Kier molecular flexibility index (Phi) is 4.01. The summed E-state index contributed by atoms with van der Waals surface area (Å²) in [5.74, 6) is -0.113. The van der Waals surface area contributed by atoms with Gasteiger partial charge in [0.25, 0.3) is 0 Å². The highest BCUT2D eigenvalue weighted by Crippen LogP contribution is 2.40. The maximum atomic E-state index is 13.1. The molecule has 0 radical (unpaired) electrons. The van der Waals surface area contributed by atoms with Crippen molar-refractivity contribution in [1.82, 2.24) is 0 Å². The number of rotatable bonds is 3. The van der Waals surface area contributed by atoms with Crippen LogP contribution in [0.25, 0.3) is 0 Å². The van der Waals surface area contributed by atoms with E-state index in [1.807, 2.05) is 12.1 Å². The molecule has 2 rings (SSSR count). The first-order valence-electron chi connectivity index (χ1n) is 6.05. The standard InChI is InChI=1S/C14H18BrF/c15-11-14(7-2-1-3-8-14)10-12-5-4-6-13(16)9-12/h4-6,9H,1-3,7-8,10-11H2. The molecule has 1 aliphatic carbocycles. The van der Waals surface area contributed by atoms with Crippen molar-refractivity contribution in [2.24, 2.45) is 5.41 Å². The molecule has 1 aromatic rings. The minimum Gasteiger partial charge on any atom is -0.207 e. The van der Waals surface area contributed by atoms with Crippen LogP contribution in [0.1, 0.15) is 37.7 Å². The van der Waals surface area contributed by atoms with Crippen LogP contribution in [0.15, 0.2) is 24.3 Å². The van der Waals surface area contributed by atoms with Crippen molar-refractivity contribution in [2.75, 3.05) is 5.33 Å². The normalized spacial score (nSPS) is 19.6. The van der Waals surface area contributed by atoms with Crippen molar-refractivity contribution in [3.05, 3.63) is 35.6 Å². The average molecular weight is 285 g/mol. The summed E-state index contributed by atoms with van der Waals surface area (Å²) in [4.78, 5) is 0. The van der Waals surface area contributed by atoms with E-state index >= 15 is 0 Å². The van der Waals surface area contributed by atoms with Crippen LogP contribution in [0.5, 0.6) is 0 Å². The van der Waals surface area contributed by atoms with Crippen LogP contribution in [0.4, 0.5) is 4.39 Å². The molecule has 1 saturated carbocycles. The van der Waals surface area contributed by atoms with Crippen LogP contribution in [0, 0.1) is 11.2 Å². The van der Waals surface area contributed by atoms with Gasteiger partial charge in [-0.15, -0.1) is 0 Å². The first kappa shape index (κ1) is 12.1. The summed E-state index contributed by atoms with van der Waals surface area (Å²) < 4.78 is 13.1. The van der Waals surface area contributed by atoms with Crippen molar-refractivity contribution in [3.8, 4) is 0 Å². The van der Waals surface area contributed by atoms with Gasteiger partial charge in [-0.2, -0.15) is 0 Å². The quantitative estimate of drug-likeness (QED) is 0.705. The van der Waals surface area contributed by atoms with Crippen LogP contribution in [-0.4, -0.2) is 5.33 Å². The molecule has 16 heavy (non-hydrogen) atoms. The zero-order chi connectivity index (χ0) is 11.4. The van der Waals surface area contributed by atoms with Gasteiger partial charge in [0, 0.05) is 5.33 Å². The van der Waals surface area contributed by atoms with Gasteiger partial charge in [0.05, 0.1) is 0 Å². The molecule has 0 nitrogen and oxygen atoms in total. The number of benzene rings is 1. The lowest BCUT2D eigenvalue weighted by Crippen LogP contribution is -2.28. The third-order valence-corrected chi connectivity index (χ3v) is 4.86. The fourth-order valence-corrected chi connectivity index (χ4v) is 3.50. The molecule has 0 unspecified atom stereocenters. The van der Waals surface area contributed by atoms with Crippen molar-refractivity contribution in [2.45, 2.75) is 38.5 Å². The van der Waals surface area contributed by atoms with E-state index in [0.29, 0.717) is 5.41 Å². The highest BCUT2D eigenvalue weighted by Gasteiger charge is 2.30. The second kappa shape index (κ2) is 5.31. The summed E-state index contributed by atoms with van der Waals surface area (Å²) in [6, 6.07) is 7.06. The Bertz CT molecular complexity index is 342. The van der Waals surface area contributed by atoms with Crippen molar-refractivity contribution >= 4 is 15.9 Å². The minimum atomic E-state index is -0.113. The van der Waals surface area contributed by atoms with Crippen LogP contribution < -0.4 is 0 Å². The molecule has 1 aromatic carbocycles.